The van der Waals surface area contributed by atoms with Gasteiger partial charge < -0.3 is 9.80 Å². The van der Waals surface area contributed by atoms with Crippen LogP contribution >= 0.6 is 0 Å². The van der Waals surface area contributed by atoms with Crippen LogP contribution in [0.3, 0.4) is 0 Å². The molecule has 0 aliphatic rings. The van der Waals surface area contributed by atoms with Gasteiger partial charge in [-0.1, -0.05) is 12.1 Å². The van der Waals surface area contributed by atoms with Crippen molar-refractivity contribution in [3.8, 4) is 24.3 Å². The van der Waals surface area contributed by atoms with E-state index in [9.17, 15) is 21.0 Å². The van der Waals surface area contributed by atoms with Crippen LogP contribution in [0.4, 0.5) is 20.2 Å². The highest BCUT2D eigenvalue weighted by Crippen LogP contribution is 2.43. The van der Waals surface area contributed by atoms with Crippen LogP contribution in [0.5, 0.6) is 0 Å². The van der Waals surface area contributed by atoms with Crippen LogP contribution in [0.15, 0.2) is 47.5 Å². The zero-order valence-corrected chi connectivity index (χ0v) is 21.4. The molecule has 8 heteroatoms. The minimum absolute atomic E-state index is 0.0305. The highest BCUT2D eigenvalue weighted by atomic mass is 19.3. The van der Waals surface area contributed by atoms with Crippen LogP contribution in [-0.4, -0.2) is 26.2 Å². The van der Waals surface area contributed by atoms with Gasteiger partial charge in [-0.3, -0.25) is 0 Å². The number of benzene rings is 2. The molecule has 2 aromatic rings. The lowest BCUT2D eigenvalue weighted by Crippen LogP contribution is -2.25. The van der Waals surface area contributed by atoms with Gasteiger partial charge in [0, 0.05) is 48.7 Å². The summed E-state index contributed by atoms with van der Waals surface area (Å²) in [6.45, 7) is 10.0. The molecule has 37 heavy (non-hydrogen) atoms. The number of allylic oxidation sites excluding steroid dienone is 2. The Balaban J connectivity index is 2.97. The van der Waals surface area contributed by atoms with Gasteiger partial charge in [-0.15, -0.1) is 0 Å². The lowest BCUT2D eigenvalue weighted by molar-refractivity contribution is 0.0425. The third-order valence-corrected chi connectivity index (χ3v) is 6.09. The first-order valence-corrected chi connectivity index (χ1v) is 11.9. The van der Waals surface area contributed by atoms with E-state index in [1.54, 1.807) is 36.4 Å². The Bertz CT molecular complexity index is 1220. The maximum atomic E-state index is 16.6. The number of nitrogens with zero attached hydrogens (tertiary/aromatic N) is 6. The molecule has 0 atom stereocenters. The molecule has 0 radical (unpaired) electrons. The zero-order valence-electron chi connectivity index (χ0n) is 21.4. The molecule has 0 bridgehead atoms. The maximum absolute atomic E-state index is 16.6. The van der Waals surface area contributed by atoms with E-state index < -0.39 is 5.92 Å². The van der Waals surface area contributed by atoms with E-state index >= 15 is 8.78 Å². The summed E-state index contributed by atoms with van der Waals surface area (Å²) >= 11 is 0. The Morgan fingerprint density at radius 3 is 1.27 bits per heavy atom. The van der Waals surface area contributed by atoms with Crippen molar-refractivity contribution in [1.82, 2.24) is 0 Å². The molecule has 2 aromatic carbocycles. The number of anilines is 2. The summed E-state index contributed by atoms with van der Waals surface area (Å²) < 4.78 is 33.2. The van der Waals surface area contributed by atoms with Crippen molar-refractivity contribution >= 4 is 23.5 Å². The van der Waals surface area contributed by atoms with Gasteiger partial charge >= 0.3 is 0 Å². The smallest absolute Gasteiger partial charge is 0.299 e. The minimum atomic E-state index is -3.60. The topological polar surface area (TPSA) is 102 Å². The Morgan fingerprint density at radius 1 is 0.676 bits per heavy atom. The molecule has 0 heterocycles. The van der Waals surface area contributed by atoms with E-state index in [-0.39, 0.29) is 33.4 Å². The summed E-state index contributed by atoms with van der Waals surface area (Å²) in [6.07, 6.45) is 2.30. The van der Waals surface area contributed by atoms with Gasteiger partial charge in [0.15, 0.2) is 0 Å². The van der Waals surface area contributed by atoms with Crippen molar-refractivity contribution in [2.75, 3.05) is 36.0 Å². The average molecular weight is 499 g/mol. The fraction of sp³-hybridized carbons (Fsp3) is 0.310. The Morgan fingerprint density at radius 2 is 1.00 bits per heavy atom. The van der Waals surface area contributed by atoms with Crippen molar-refractivity contribution in [2.45, 2.75) is 33.6 Å². The van der Waals surface area contributed by atoms with Crippen LogP contribution in [0.1, 0.15) is 49.9 Å². The number of rotatable bonds is 10. The van der Waals surface area contributed by atoms with Gasteiger partial charge in [0.25, 0.3) is 5.92 Å². The maximum Gasteiger partial charge on any atom is 0.299 e. The molecule has 0 spiro atoms. The predicted octanol–water partition coefficient (Wildman–Crippen LogP) is 6.38. The van der Waals surface area contributed by atoms with Crippen molar-refractivity contribution in [1.29, 1.82) is 21.0 Å². The van der Waals surface area contributed by atoms with Crippen LogP contribution in [0.25, 0.3) is 12.2 Å². The van der Waals surface area contributed by atoms with Gasteiger partial charge in [-0.05, 0) is 75.2 Å². The SMILES string of the molecule is CCN(CC)c1ccc(C=C(C#N)C#N)c(C(F)(F)c2cc(N(CC)CC)ccc2C=C(C#N)C#N)c1. The number of nitriles is 4. The second-order valence-electron chi connectivity index (χ2n) is 8.03. The molecule has 6 nitrogen and oxygen atoms in total. The molecule has 188 valence electrons. The van der Waals surface area contributed by atoms with E-state index in [4.69, 9.17) is 0 Å². The van der Waals surface area contributed by atoms with Crippen molar-refractivity contribution < 1.29 is 8.78 Å². The minimum Gasteiger partial charge on any atom is -0.372 e. The first-order chi connectivity index (χ1) is 17.7. The third-order valence-electron chi connectivity index (χ3n) is 6.09. The molecule has 0 N–H and O–H groups in total. The van der Waals surface area contributed by atoms with E-state index in [0.29, 0.717) is 37.6 Å². The lowest BCUT2D eigenvalue weighted by Gasteiger charge is -2.28. The third kappa shape index (κ3) is 6.32. The summed E-state index contributed by atoms with van der Waals surface area (Å²) in [5.41, 5.74) is -0.186. The van der Waals surface area contributed by atoms with Crippen LogP contribution in [0.2, 0.25) is 0 Å². The Kier molecular flexibility index (Phi) is 9.94. The van der Waals surface area contributed by atoms with Gasteiger partial charge in [-0.25, -0.2) is 0 Å². The number of halogens is 2. The van der Waals surface area contributed by atoms with Crippen LogP contribution < -0.4 is 9.80 Å². The normalized spacial score (nSPS) is 10.2. The van der Waals surface area contributed by atoms with E-state index in [2.05, 4.69) is 0 Å². The van der Waals surface area contributed by atoms with Crippen molar-refractivity contribution in [3.63, 3.8) is 0 Å². The summed E-state index contributed by atoms with van der Waals surface area (Å²) in [7, 11) is 0. The highest BCUT2D eigenvalue weighted by molar-refractivity contribution is 5.72. The molecule has 0 aromatic heterocycles. The highest BCUT2D eigenvalue weighted by Gasteiger charge is 2.39. The van der Waals surface area contributed by atoms with Crippen molar-refractivity contribution in [3.05, 3.63) is 69.8 Å². The molecular formula is C29H28F2N6. The van der Waals surface area contributed by atoms with Crippen LogP contribution in [0, 0.1) is 45.3 Å². The second-order valence-corrected chi connectivity index (χ2v) is 8.03. The molecule has 0 aliphatic carbocycles. The molecule has 0 saturated heterocycles. The first kappa shape index (κ1) is 28.6. The molecule has 2 rings (SSSR count). The van der Waals surface area contributed by atoms with Crippen molar-refractivity contribution in [2.24, 2.45) is 0 Å². The fourth-order valence-corrected chi connectivity index (χ4v) is 4.09. The van der Waals surface area contributed by atoms with Gasteiger partial charge in [-0.2, -0.15) is 29.8 Å². The van der Waals surface area contributed by atoms with E-state index in [0.717, 1.165) is 12.2 Å². The number of alkyl halides is 2. The quantitative estimate of drug-likeness (QED) is 0.352. The Hall–Kier alpha value is -4.66. The van der Waals surface area contributed by atoms with Gasteiger partial charge in [0.2, 0.25) is 0 Å². The lowest BCUT2D eigenvalue weighted by atomic mass is 9.90. The molecule has 0 fully saturated rings. The standard InChI is InChI=1S/C29H28F2N6/c1-5-36(6-2)25-11-9-23(13-21(17-32)18-33)27(15-25)29(30,31)28-16-26(37(7-3)8-4)12-10-24(28)14-22(19-34)20-35/h9-16H,5-8H2,1-4H3. The van der Waals surface area contributed by atoms with Gasteiger partial charge in [0.05, 0.1) is 0 Å². The van der Waals surface area contributed by atoms with E-state index in [1.807, 2.05) is 37.5 Å². The predicted molar refractivity (Wildman–Crippen MR) is 141 cm³/mol. The monoisotopic (exact) mass is 498 g/mol. The summed E-state index contributed by atoms with van der Waals surface area (Å²) in [5, 5.41) is 37.0. The van der Waals surface area contributed by atoms with E-state index in [1.165, 1.54) is 24.3 Å². The van der Waals surface area contributed by atoms with Crippen LogP contribution in [-0.2, 0) is 5.92 Å². The molecule has 0 unspecified atom stereocenters. The second kappa shape index (κ2) is 12.9. The zero-order chi connectivity index (χ0) is 27.6. The number of hydrogen-bond acceptors (Lipinski definition) is 6. The first-order valence-electron chi connectivity index (χ1n) is 11.9. The molecule has 0 amide bonds. The largest absolute Gasteiger partial charge is 0.372 e. The van der Waals surface area contributed by atoms with Gasteiger partial charge in [0.1, 0.15) is 35.4 Å². The fourth-order valence-electron chi connectivity index (χ4n) is 4.09. The summed E-state index contributed by atoms with van der Waals surface area (Å²) in [5.74, 6) is -3.60. The average Bonchev–Trinajstić information content (AvgIpc) is 2.92. The molecular weight excluding hydrogens is 470 g/mol. The molecule has 0 aliphatic heterocycles. The molecule has 0 saturated carbocycles. The Labute approximate surface area is 217 Å². The summed E-state index contributed by atoms with van der Waals surface area (Å²) in [4.78, 5) is 3.83. The number of hydrogen-bond donors (Lipinski definition) is 0. The summed E-state index contributed by atoms with van der Waals surface area (Å²) in [6, 6.07) is 16.0.